The fourth-order valence-electron chi connectivity index (χ4n) is 2.04. The lowest BCUT2D eigenvalue weighted by Gasteiger charge is -2.10. The van der Waals surface area contributed by atoms with Crippen LogP contribution in [0.3, 0.4) is 0 Å². The van der Waals surface area contributed by atoms with Crippen molar-refractivity contribution in [3.05, 3.63) is 56.4 Å². The van der Waals surface area contributed by atoms with Crippen LogP contribution in [-0.2, 0) is 4.79 Å². The van der Waals surface area contributed by atoms with E-state index >= 15 is 0 Å². The molecule has 1 heterocycles. The molecule has 0 radical (unpaired) electrons. The number of ether oxygens (including phenoxy) is 1. The zero-order valence-electron chi connectivity index (χ0n) is 11.7. The van der Waals surface area contributed by atoms with E-state index in [1.807, 2.05) is 0 Å². The van der Waals surface area contributed by atoms with Crippen LogP contribution >= 0.6 is 27.5 Å². The van der Waals surface area contributed by atoms with Crippen LogP contribution in [-0.4, -0.2) is 22.5 Å². The van der Waals surface area contributed by atoms with Gasteiger partial charge in [0.05, 0.1) is 21.7 Å². The Bertz CT molecular complexity index is 935. The van der Waals surface area contributed by atoms with Crippen molar-refractivity contribution >= 4 is 50.2 Å². The molecule has 1 amide bonds. The Kier molecular flexibility index (Phi) is 4.40. The maximum Gasteiger partial charge on any atom is 0.323 e. The van der Waals surface area contributed by atoms with Crippen LogP contribution in [0, 0.1) is 0 Å². The molecule has 0 aliphatic carbocycles. The second-order valence-electron chi connectivity index (χ2n) is 4.72. The Morgan fingerprint density at radius 3 is 2.65 bits per heavy atom. The summed E-state index contributed by atoms with van der Waals surface area (Å²) in [6.07, 6.45) is 0. The van der Waals surface area contributed by atoms with Gasteiger partial charge in [-0.05, 0) is 40.2 Å². The van der Waals surface area contributed by atoms with Crippen LogP contribution in [0.2, 0.25) is 5.02 Å². The van der Waals surface area contributed by atoms with Crippen LogP contribution in [0.1, 0.15) is 0 Å². The second kappa shape index (κ2) is 6.47. The van der Waals surface area contributed by atoms with Crippen LogP contribution in [0.25, 0.3) is 11.0 Å². The SMILES string of the molecule is O=C(COc1ccccc1Cl)Nc1cc2[nH]c(=O)[nH]c2cc1Br. The molecule has 0 fully saturated rings. The van der Waals surface area contributed by atoms with E-state index in [0.717, 1.165) is 0 Å². The second-order valence-corrected chi connectivity index (χ2v) is 5.99. The number of benzene rings is 2. The van der Waals surface area contributed by atoms with E-state index in [1.54, 1.807) is 36.4 Å². The van der Waals surface area contributed by atoms with Gasteiger partial charge in [-0.15, -0.1) is 0 Å². The predicted molar refractivity (Wildman–Crippen MR) is 92.2 cm³/mol. The number of halogens is 2. The lowest BCUT2D eigenvalue weighted by molar-refractivity contribution is -0.118. The van der Waals surface area contributed by atoms with Crippen LogP contribution in [0.15, 0.2) is 45.7 Å². The van der Waals surface area contributed by atoms with Crippen molar-refractivity contribution in [2.75, 3.05) is 11.9 Å². The number of fused-ring (bicyclic) bond motifs is 1. The number of carbonyl (C=O) groups excluding carboxylic acids is 1. The molecule has 3 aromatic rings. The number of rotatable bonds is 4. The molecular weight excluding hydrogens is 386 g/mol. The maximum atomic E-state index is 12.0. The molecule has 0 atom stereocenters. The van der Waals surface area contributed by atoms with E-state index in [1.165, 1.54) is 0 Å². The van der Waals surface area contributed by atoms with Gasteiger partial charge < -0.3 is 20.0 Å². The Morgan fingerprint density at radius 2 is 1.91 bits per heavy atom. The molecule has 1 aromatic heterocycles. The molecule has 3 rings (SSSR count). The summed E-state index contributed by atoms with van der Waals surface area (Å²) in [6.45, 7) is -0.183. The number of amides is 1. The van der Waals surface area contributed by atoms with E-state index in [2.05, 4.69) is 31.2 Å². The number of hydrogen-bond acceptors (Lipinski definition) is 3. The van der Waals surface area contributed by atoms with E-state index < -0.39 is 0 Å². The van der Waals surface area contributed by atoms with Gasteiger partial charge in [-0.25, -0.2) is 4.79 Å². The number of imidazole rings is 1. The summed E-state index contributed by atoms with van der Waals surface area (Å²) in [5, 5.41) is 3.15. The molecular formula is C15H11BrClN3O3. The van der Waals surface area contributed by atoms with E-state index in [4.69, 9.17) is 16.3 Å². The van der Waals surface area contributed by atoms with Gasteiger partial charge in [-0.3, -0.25) is 4.79 Å². The number of aromatic amines is 2. The topological polar surface area (TPSA) is 87.0 Å². The molecule has 8 heteroatoms. The van der Waals surface area contributed by atoms with Gasteiger partial charge in [0.15, 0.2) is 6.61 Å². The van der Waals surface area contributed by atoms with Gasteiger partial charge in [-0.2, -0.15) is 0 Å². The van der Waals surface area contributed by atoms with E-state index in [-0.39, 0.29) is 18.2 Å². The minimum atomic E-state index is -0.345. The van der Waals surface area contributed by atoms with Gasteiger partial charge >= 0.3 is 5.69 Å². The molecule has 0 saturated heterocycles. The fraction of sp³-hybridized carbons (Fsp3) is 0.0667. The van der Waals surface area contributed by atoms with Crippen molar-refractivity contribution in [3.8, 4) is 5.75 Å². The first kappa shape index (κ1) is 15.6. The van der Waals surface area contributed by atoms with Crippen molar-refractivity contribution in [3.63, 3.8) is 0 Å². The summed E-state index contributed by atoms with van der Waals surface area (Å²) in [4.78, 5) is 28.6. The van der Waals surface area contributed by atoms with Crippen LogP contribution in [0.5, 0.6) is 5.75 Å². The number of anilines is 1. The predicted octanol–water partition coefficient (Wildman–Crippen LogP) is 3.29. The third-order valence-corrected chi connectivity index (χ3v) is 4.04. The van der Waals surface area contributed by atoms with Gasteiger partial charge in [0.2, 0.25) is 0 Å². The average Bonchev–Trinajstić information content (AvgIpc) is 2.86. The molecule has 0 aliphatic rings. The highest BCUT2D eigenvalue weighted by atomic mass is 79.9. The molecule has 0 bridgehead atoms. The van der Waals surface area contributed by atoms with Crippen LogP contribution in [0.4, 0.5) is 5.69 Å². The zero-order valence-corrected chi connectivity index (χ0v) is 14.0. The highest BCUT2D eigenvalue weighted by Gasteiger charge is 2.10. The highest BCUT2D eigenvalue weighted by Crippen LogP contribution is 2.27. The van der Waals surface area contributed by atoms with Crippen LogP contribution < -0.4 is 15.7 Å². The Hall–Kier alpha value is -2.25. The number of nitrogens with one attached hydrogen (secondary N) is 3. The lowest BCUT2D eigenvalue weighted by Crippen LogP contribution is -2.20. The van der Waals surface area contributed by atoms with Gasteiger partial charge in [0.1, 0.15) is 5.75 Å². The summed E-state index contributed by atoms with van der Waals surface area (Å²) >= 11 is 9.31. The van der Waals surface area contributed by atoms with E-state index in [9.17, 15) is 9.59 Å². The third-order valence-electron chi connectivity index (χ3n) is 3.07. The maximum absolute atomic E-state index is 12.0. The van der Waals surface area contributed by atoms with E-state index in [0.29, 0.717) is 32.0 Å². The quantitative estimate of drug-likeness (QED) is 0.632. The summed E-state index contributed by atoms with van der Waals surface area (Å²) in [6, 6.07) is 10.3. The number of aromatic nitrogens is 2. The largest absolute Gasteiger partial charge is 0.482 e. The smallest absolute Gasteiger partial charge is 0.323 e. The van der Waals surface area contributed by atoms with Gasteiger partial charge in [-0.1, -0.05) is 23.7 Å². The molecule has 118 valence electrons. The third kappa shape index (κ3) is 3.57. The standard InChI is InChI=1S/C15H11BrClN3O3/c16-8-5-11-12(20-15(22)19-11)6-10(8)18-14(21)7-23-13-4-2-1-3-9(13)17/h1-6H,7H2,(H,18,21)(H2,19,20,22). The normalized spacial score (nSPS) is 10.7. The molecule has 6 nitrogen and oxygen atoms in total. The number of para-hydroxylation sites is 1. The summed E-state index contributed by atoms with van der Waals surface area (Å²) < 4.78 is 6.02. The minimum Gasteiger partial charge on any atom is -0.482 e. The van der Waals surface area contributed by atoms with Crippen molar-refractivity contribution in [2.45, 2.75) is 0 Å². The molecule has 0 spiro atoms. The van der Waals surface area contributed by atoms with Crippen molar-refractivity contribution < 1.29 is 9.53 Å². The summed E-state index contributed by atoms with van der Waals surface area (Å²) in [5.41, 5.74) is 1.46. The summed E-state index contributed by atoms with van der Waals surface area (Å²) in [7, 11) is 0. The first-order valence-electron chi connectivity index (χ1n) is 6.61. The first-order valence-corrected chi connectivity index (χ1v) is 7.79. The number of hydrogen-bond donors (Lipinski definition) is 3. The Labute approximate surface area is 143 Å². The van der Waals surface area contributed by atoms with Crippen molar-refractivity contribution in [2.24, 2.45) is 0 Å². The lowest BCUT2D eigenvalue weighted by atomic mass is 10.2. The van der Waals surface area contributed by atoms with Gasteiger partial charge in [0, 0.05) is 4.47 Å². The molecule has 0 unspecified atom stereocenters. The molecule has 0 saturated carbocycles. The van der Waals surface area contributed by atoms with Crippen molar-refractivity contribution in [1.29, 1.82) is 0 Å². The average molecular weight is 397 g/mol. The Morgan fingerprint density at radius 1 is 1.22 bits per heavy atom. The highest BCUT2D eigenvalue weighted by molar-refractivity contribution is 9.10. The number of carbonyl (C=O) groups is 1. The monoisotopic (exact) mass is 395 g/mol. The molecule has 2 aromatic carbocycles. The molecule has 23 heavy (non-hydrogen) atoms. The molecule has 3 N–H and O–H groups in total. The summed E-state index contributed by atoms with van der Waals surface area (Å²) in [5.74, 6) is 0.0941. The first-order chi connectivity index (χ1) is 11.0. The minimum absolute atomic E-state index is 0.183. The zero-order chi connectivity index (χ0) is 16.4. The molecule has 0 aliphatic heterocycles. The van der Waals surface area contributed by atoms with Gasteiger partial charge in [0.25, 0.3) is 5.91 Å². The Balaban J connectivity index is 1.71. The number of H-pyrrole nitrogens is 2. The van der Waals surface area contributed by atoms with Crippen molar-refractivity contribution in [1.82, 2.24) is 9.97 Å². The fourth-order valence-corrected chi connectivity index (χ4v) is 2.68.